The predicted molar refractivity (Wildman–Crippen MR) is 69.7 cm³/mol. The van der Waals surface area contributed by atoms with E-state index in [0.717, 1.165) is 4.90 Å². The molecule has 2 rings (SSSR count). The molecule has 0 radical (unpaired) electrons. The highest BCUT2D eigenvalue weighted by atomic mass is 32.2. The number of rotatable bonds is 4. The van der Waals surface area contributed by atoms with Crippen molar-refractivity contribution in [1.29, 1.82) is 0 Å². The zero-order valence-corrected chi connectivity index (χ0v) is 11.3. The molecule has 2 N–H and O–H groups in total. The van der Waals surface area contributed by atoms with Gasteiger partial charge in [0.05, 0.1) is 12.2 Å². The van der Waals surface area contributed by atoms with Gasteiger partial charge in [0, 0.05) is 17.6 Å². The van der Waals surface area contributed by atoms with Gasteiger partial charge in [-0.1, -0.05) is 0 Å². The lowest BCUT2D eigenvalue weighted by molar-refractivity contribution is 0.0527. The Labute approximate surface area is 114 Å². The van der Waals surface area contributed by atoms with Crippen molar-refractivity contribution in [2.75, 3.05) is 12.3 Å². The molecule has 0 unspecified atom stereocenters. The van der Waals surface area contributed by atoms with E-state index in [1.54, 1.807) is 36.9 Å². The van der Waals surface area contributed by atoms with E-state index in [1.165, 1.54) is 11.8 Å². The van der Waals surface area contributed by atoms with Gasteiger partial charge in [-0.3, -0.25) is 0 Å². The van der Waals surface area contributed by atoms with Crippen LogP contribution in [0.15, 0.2) is 28.3 Å². The predicted octanol–water partition coefficient (Wildman–Crippen LogP) is 1.12. The SMILES string of the molecule is CCOC(=O)c1cc(Sc2nnnn2C)ccc1N. The highest BCUT2D eigenvalue weighted by molar-refractivity contribution is 7.99. The fourth-order valence-corrected chi connectivity index (χ4v) is 2.17. The quantitative estimate of drug-likeness (QED) is 0.661. The Morgan fingerprint density at radius 2 is 2.32 bits per heavy atom. The third-order valence-electron chi connectivity index (χ3n) is 2.31. The maximum absolute atomic E-state index is 11.7. The summed E-state index contributed by atoms with van der Waals surface area (Å²) in [7, 11) is 1.74. The van der Waals surface area contributed by atoms with Gasteiger partial charge in [-0.2, -0.15) is 0 Å². The van der Waals surface area contributed by atoms with E-state index in [1.807, 2.05) is 0 Å². The second kappa shape index (κ2) is 5.70. The van der Waals surface area contributed by atoms with Gasteiger partial charge in [-0.25, -0.2) is 9.48 Å². The smallest absolute Gasteiger partial charge is 0.340 e. The number of nitrogens with two attached hydrogens (primary N) is 1. The Hall–Kier alpha value is -2.09. The average Bonchev–Trinajstić information content (AvgIpc) is 2.78. The van der Waals surface area contributed by atoms with Gasteiger partial charge in [0.25, 0.3) is 0 Å². The number of aryl methyl sites for hydroxylation is 1. The fraction of sp³-hybridized carbons (Fsp3) is 0.273. The van der Waals surface area contributed by atoms with Crippen LogP contribution in [0, 0.1) is 0 Å². The molecule has 0 aliphatic heterocycles. The zero-order valence-electron chi connectivity index (χ0n) is 10.5. The molecular weight excluding hydrogens is 266 g/mol. The number of ether oxygens (including phenoxy) is 1. The number of hydrogen-bond acceptors (Lipinski definition) is 7. The van der Waals surface area contributed by atoms with Gasteiger partial charge in [0.15, 0.2) is 0 Å². The first-order valence-corrected chi connectivity index (χ1v) is 6.40. The Bertz CT molecular complexity index is 599. The second-order valence-corrected chi connectivity index (χ2v) is 4.70. The number of tetrazole rings is 1. The molecule has 2 aromatic rings. The molecule has 1 heterocycles. The van der Waals surface area contributed by atoms with E-state index < -0.39 is 5.97 Å². The first-order valence-electron chi connectivity index (χ1n) is 5.58. The Balaban J connectivity index is 2.26. The van der Waals surface area contributed by atoms with E-state index >= 15 is 0 Å². The van der Waals surface area contributed by atoms with Crippen molar-refractivity contribution in [3.8, 4) is 0 Å². The summed E-state index contributed by atoms with van der Waals surface area (Å²) >= 11 is 1.34. The number of aromatic nitrogens is 4. The molecule has 0 fully saturated rings. The van der Waals surface area contributed by atoms with Crippen molar-refractivity contribution < 1.29 is 9.53 Å². The number of benzene rings is 1. The third kappa shape index (κ3) is 3.02. The summed E-state index contributed by atoms with van der Waals surface area (Å²) in [6.45, 7) is 2.06. The molecule has 0 aliphatic rings. The molecule has 1 aromatic heterocycles. The number of carbonyl (C=O) groups is 1. The summed E-state index contributed by atoms with van der Waals surface area (Å²) in [6, 6.07) is 5.14. The van der Waals surface area contributed by atoms with Crippen LogP contribution in [0.4, 0.5) is 5.69 Å². The van der Waals surface area contributed by atoms with Crippen LogP contribution in [0.2, 0.25) is 0 Å². The number of anilines is 1. The summed E-state index contributed by atoms with van der Waals surface area (Å²) in [5.41, 5.74) is 6.51. The highest BCUT2D eigenvalue weighted by Gasteiger charge is 2.13. The summed E-state index contributed by atoms with van der Waals surface area (Å²) in [5.74, 6) is -0.432. The molecule has 19 heavy (non-hydrogen) atoms. The molecule has 0 aliphatic carbocycles. The van der Waals surface area contributed by atoms with Crippen molar-refractivity contribution in [2.24, 2.45) is 7.05 Å². The van der Waals surface area contributed by atoms with E-state index in [-0.39, 0.29) is 0 Å². The van der Waals surface area contributed by atoms with Crippen molar-refractivity contribution in [3.63, 3.8) is 0 Å². The first kappa shape index (κ1) is 13.3. The zero-order chi connectivity index (χ0) is 13.8. The Kier molecular flexibility index (Phi) is 4.00. The fourth-order valence-electron chi connectivity index (χ4n) is 1.40. The maximum Gasteiger partial charge on any atom is 0.340 e. The van der Waals surface area contributed by atoms with Gasteiger partial charge in [-0.15, -0.1) is 5.10 Å². The molecule has 0 saturated heterocycles. The van der Waals surface area contributed by atoms with Gasteiger partial charge in [0.1, 0.15) is 0 Å². The van der Waals surface area contributed by atoms with Crippen LogP contribution >= 0.6 is 11.8 Å². The van der Waals surface area contributed by atoms with Crippen molar-refractivity contribution in [2.45, 2.75) is 17.0 Å². The lowest BCUT2D eigenvalue weighted by Gasteiger charge is -2.07. The molecule has 0 atom stereocenters. The summed E-state index contributed by atoms with van der Waals surface area (Å²) in [5, 5.41) is 11.8. The van der Waals surface area contributed by atoms with Gasteiger partial charge >= 0.3 is 5.97 Å². The number of nitrogen functional groups attached to an aromatic ring is 1. The van der Waals surface area contributed by atoms with Crippen LogP contribution in [0.5, 0.6) is 0 Å². The lowest BCUT2D eigenvalue weighted by atomic mass is 10.2. The Morgan fingerprint density at radius 1 is 1.53 bits per heavy atom. The Morgan fingerprint density at radius 3 is 2.95 bits per heavy atom. The number of nitrogens with zero attached hydrogens (tertiary/aromatic N) is 4. The van der Waals surface area contributed by atoms with E-state index in [0.29, 0.717) is 23.0 Å². The minimum Gasteiger partial charge on any atom is -0.462 e. The normalized spacial score (nSPS) is 10.4. The molecule has 1 aromatic carbocycles. The largest absolute Gasteiger partial charge is 0.462 e. The van der Waals surface area contributed by atoms with Crippen LogP contribution in [-0.4, -0.2) is 32.8 Å². The molecular formula is C11H13N5O2S. The van der Waals surface area contributed by atoms with Crippen molar-refractivity contribution in [3.05, 3.63) is 23.8 Å². The maximum atomic E-state index is 11.7. The van der Waals surface area contributed by atoms with Crippen molar-refractivity contribution >= 4 is 23.4 Å². The highest BCUT2D eigenvalue weighted by Crippen LogP contribution is 2.28. The summed E-state index contributed by atoms with van der Waals surface area (Å²) < 4.78 is 6.50. The second-order valence-electron chi connectivity index (χ2n) is 3.66. The topological polar surface area (TPSA) is 95.9 Å². The summed E-state index contributed by atoms with van der Waals surface area (Å²) in [6.07, 6.45) is 0. The molecule has 0 spiro atoms. The standard InChI is InChI=1S/C11H13N5O2S/c1-3-18-10(17)8-6-7(4-5-9(8)12)19-11-13-14-15-16(11)2/h4-6H,3,12H2,1-2H3. The van der Waals surface area contributed by atoms with Crippen LogP contribution in [0.25, 0.3) is 0 Å². The van der Waals surface area contributed by atoms with Gasteiger partial charge < -0.3 is 10.5 Å². The third-order valence-corrected chi connectivity index (χ3v) is 3.33. The molecule has 8 heteroatoms. The van der Waals surface area contributed by atoms with Gasteiger partial charge in [-0.05, 0) is 47.3 Å². The van der Waals surface area contributed by atoms with Crippen LogP contribution in [0.3, 0.4) is 0 Å². The monoisotopic (exact) mass is 279 g/mol. The van der Waals surface area contributed by atoms with E-state index in [4.69, 9.17) is 10.5 Å². The van der Waals surface area contributed by atoms with E-state index in [2.05, 4.69) is 15.5 Å². The van der Waals surface area contributed by atoms with Crippen LogP contribution in [0.1, 0.15) is 17.3 Å². The molecule has 100 valence electrons. The number of esters is 1. The lowest BCUT2D eigenvalue weighted by Crippen LogP contribution is -2.08. The molecule has 0 amide bonds. The molecule has 0 saturated carbocycles. The molecule has 0 bridgehead atoms. The summed E-state index contributed by atoms with van der Waals surface area (Å²) in [4.78, 5) is 12.5. The van der Waals surface area contributed by atoms with Crippen LogP contribution in [-0.2, 0) is 11.8 Å². The average molecular weight is 279 g/mol. The minimum absolute atomic E-state index is 0.308. The van der Waals surface area contributed by atoms with E-state index in [9.17, 15) is 4.79 Å². The van der Waals surface area contributed by atoms with Crippen LogP contribution < -0.4 is 5.73 Å². The van der Waals surface area contributed by atoms with Gasteiger partial charge in [0.2, 0.25) is 5.16 Å². The first-order chi connectivity index (χ1) is 9.11. The van der Waals surface area contributed by atoms with Crippen molar-refractivity contribution in [1.82, 2.24) is 20.2 Å². The minimum atomic E-state index is -0.432. The number of carbonyl (C=O) groups excluding carboxylic acids is 1. The molecule has 7 nitrogen and oxygen atoms in total. The number of hydrogen-bond donors (Lipinski definition) is 1.